The molecule has 1 atom stereocenters. The molecule has 0 radical (unpaired) electrons. The SMILES string of the molecule is Cc1cc(NC(=O)C(C)OC(=O)c2cc(S(=O)(=O)Nc3ccccc3F)ccc2C)no1. The minimum absolute atomic E-state index is 0.0571. The van der Waals surface area contributed by atoms with E-state index in [1.807, 2.05) is 0 Å². The van der Waals surface area contributed by atoms with E-state index in [9.17, 15) is 22.4 Å². The van der Waals surface area contributed by atoms with Crippen LogP contribution in [0.3, 0.4) is 0 Å². The molecular weight excluding hydrogens is 441 g/mol. The average Bonchev–Trinajstić information content (AvgIpc) is 3.14. The quantitative estimate of drug-likeness (QED) is 0.516. The van der Waals surface area contributed by atoms with Crippen LogP contribution in [-0.4, -0.2) is 31.6 Å². The number of hydrogen-bond acceptors (Lipinski definition) is 7. The third kappa shape index (κ3) is 5.30. The predicted octanol–water partition coefficient (Wildman–Crippen LogP) is 3.42. The fraction of sp³-hybridized carbons (Fsp3) is 0.190. The molecule has 11 heteroatoms. The van der Waals surface area contributed by atoms with Crippen molar-refractivity contribution >= 4 is 33.4 Å². The molecule has 0 saturated heterocycles. The Morgan fingerprint density at radius 2 is 1.84 bits per heavy atom. The fourth-order valence-corrected chi connectivity index (χ4v) is 3.76. The Balaban J connectivity index is 1.76. The Morgan fingerprint density at radius 3 is 2.50 bits per heavy atom. The first-order chi connectivity index (χ1) is 15.1. The first kappa shape index (κ1) is 22.9. The van der Waals surface area contributed by atoms with E-state index in [4.69, 9.17) is 9.26 Å². The molecule has 168 valence electrons. The standard InChI is InChI=1S/C21H20FN3O6S/c1-12-8-9-15(32(28,29)25-18-7-5-4-6-17(18)22)11-16(12)21(27)30-14(3)20(26)23-19-10-13(2)31-24-19/h4-11,14,25H,1-3H3,(H,23,24,26). The molecule has 0 spiro atoms. The highest BCUT2D eigenvalue weighted by Crippen LogP contribution is 2.22. The molecule has 1 amide bonds. The molecule has 2 N–H and O–H groups in total. The molecule has 0 aliphatic carbocycles. The monoisotopic (exact) mass is 461 g/mol. The number of carbonyl (C=O) groups is 2. The molecule has 0 aliphatic rings. The molecule has 0 fully saturated rings. The molecule has 1 aromatic heterocycles. The number of halogens is 1. The van der Waals surface area contributed by atoms with Crippen molar-refractivity contribution in [2.24, 2.45) is 0 Å². The van der Waals surface area contributed by atoms with Gasteiger partial charge in [-0.05, 0) is 50.6 Å². The van der Waals surface area contributed by atoms with Crippen molar-refractivity contribution in [1.82, 2.24) is 5.16 Å². The third-order valence-electron chi connectivity index (χ3n) is 4.39. The molecule has 0 saturated carbocycles. The normalized spacial score (nSPS) is 12.1. The van der Waals surface area contributed by atoms with Gasteiger partial charge in [-0.1, -0.05) is 23.4 Å². The smallest absolute Gasteiger partial charge is 0.339 e. The van der Waals surface area contributed by atoms with Crippen LogP contribution in [0.15, 0.2) is 57.9 Å². The number of rotatable bonds is 7. The molecule has 0 bridgehead atoms. The summed E-state index contributed by atoms with van der Waals surface area (Å²) in [5.41, 5.74) is 0.142. The summed E-state index contributed by atoms with van der Waals surface area (Å²) in [7, 11) is -4.19. The van der Waals surface area contributed by atoms with Gasteiger partial charge in [0.15, 0.2) is 11.9 Å². The number of esters is 1. The first-order valence-corrected chi connectivity index (χ1v) is 10.9. The second-order valence-electron chi connectivity index (χ2n) is 6.92. The molecule has 3 rings (SSSR count). The van der Waals surface area contributed by atoms with Gasteiger partial charge >= 0.3 is 5.97 Å². The second-order valence-corrected chi connectivity index (χ2v) is 8.60. The largest absolute Gasteiger partial charge is 0.449 e. The number of benzene rings is 2. The zero-order chi connectivity index (χ0) is 23.5. The average molecular weight is 461 g/mol. The summed E-state index contributed by atoms with van der Waals surface area (Å²) < 4.78 is 51.3. The van der Waals surface area contributed by atoms with Gasteiger partial charge in [-0.25, -0.2) is 17.6 Å². The van der Waals surface area contributed by atoms with Crippen LogP contribution >= 0.6 is 0 Å². The Bertz CT molecular complexity index is 1270. The van der Waals surface area contributed by atoms with Gasteiger partial charge in [0.25, 0.3) is 15.9 Å². The van der Waals surface area contributed by atoms with Gasteiger partial charge in [-0.15, -0.1) is 0 Å². The van der Waals surface area contributed by atoms with Gasteiger partial charge < -0.3 is 14.6 Å². The van der Waals surface area contributed by atoms with E-state index in [0.717, 1.165) is 12.1 Å². The maximum atomic E-state index is 13.8. The van der Waals surface area contributed by atoms with Crippen molar-refractivity contribution < 1.29 is 31.7 Å². The number of anilines is 2. The summed E-state index contributed by atoms with van der Waals surface area (Å²) in [4.78, 5) is 24.6. The number of para-hydroxylation sites is 1. The highest BCUT2D eigenvalue weighted by molar-refractivity contribution is 7.92. The highest BCUT2D eigenvalue weighted by Gasteiger charge is 2.24. The minimum Gasteiger partial charge on any atom is -0.449 e. The number of aryl methyl sites for hydroxylation is 2. The number of nitrogens with one attached hydrogen (secondary N) is 2. The maximum Gasteiger partial charge on any atom is 0.339 e. The number of carbonyl (C=O) groups excluding carboxylic acids is 2. The van der Waals surface area contributed by atoms with Crippen LogP contribution in [0.5, 0.6) is 0 Å². The van der Waals surface area contributed by atoms with Gasteiger partial charge in [0.2, 0.25) is 0 Å². The van der Waals surface area contributed by atoms with Crippen LogP contribution in [0, 0.1) is 19.7 Å². The number of aromatic nitrogens is 1. The summed E-state index contributed by atoms with van der Waals surface area (Å²) in [6.07, 6.45) is -1.20. The second kappa shape index (κ2) is 9.18. The minimum atomic E-state index is -4.19. The van der Waals surface area contributed by atoms with Gasteiger partial charge in [0.1, 0.15) is 11.6 Å². The van der Waals surface area contributed by atoms with Crippen molar-refractivity contribution in [1.29, 1.82) is 0 Å². The third-order valence-corrected chi connectivity index (χ3v) is 5.75. The number of sulfonamides is 1. The highest BCUT2D eigenvalue weighted by atomic mass is 32.2. The maximum absolute atomic E-state index is 13.8. The number of hydrogen-bond donors (Lipinski definition) is 2. The van der Waals surface area contributed by atoms with Crippen molar-refractivity contribution in [3.05, 3.63) is 71.2 Å². The van der Waals surface area contributed by atoms with E-state index in [1.165, 1.54) is 43.3 Å². The topological polar surface area (TPSA) is 128 Å². The van der Waals surface area contributed by atoms with Gasteiger partial charge in [0.05, 0.1) is 16.1 Å². The zero-order valence-corrected chi connectivity index (χ0v) is 18.2. The summed E-state index contributed by atoms with van der Waals surface area (Å²) in [5.74, 6) is -1.63. The fourth-order valence-electron chi connectivity index (χ4n) is 2.67. The molecule has 9 nitrogen and oxygen atoms in total. The molecule has 2 aromatic carbocycles. The van der Waals surface area contributed by atoms with Gasteiger partial charge in [0, 0.05) is 6.07 Å². The lowest BCUT2D eigenvalue weighted by molar-refractivity contribution is -0.123. The van der Waals surface area contributed by atoms with E-state index in [2.05, 4.69) is 15.2 Å². The first-order valence-electron chi connectivity index (χ1n) is 9.40. The van der Waals surface area contributed by atoms with Crippen molar-refractivity contribution in [2.45, 2.75) is 31.8 Å². The van der Waals surface area contributed by atoms with Crippen molar-refractivity contribution in [3.8, 4) is 0 Å². The number of ether oxygens (including phenoxy) is 1. The Kier molecular flexibility index (Phi) is 6.58. The molecule has 1 unspecified atom stereocenters. The lowest BCUT2D eigenvalue weighted by Gasteiger charge is -2.14. The summed E-state index contributed by atoms with van der Waals surface area (Å²) >= 11 is 0. The van der Waals surface area contributed by atoms with E-state index < -0.39 is 33.8 Å². The lowest BCUT2D eigenvalue weighted by atomic mass is 10.1. The summed E-state index contributed by atoms with van der Waals surface area (Å²) in [5, 5.41) is 6.06. The summed E-state index contributed by atoms with van der Waals surface area (Å²) in [6, 6.07) is 10.6. The van der Waals surface area contributed by atoms with Gasteiger partial charge in [-0.3, -0.25) is 9.52 Å². The van der Waals surface area contributed by atoms with Gasteiger partial charge in [-0.2, -0.15) is 0 Å². The molecule has 0 aliphatic heterocycles. The van der Waals surface area contributed by atoms with Crippen LogP contribution in [0.2, 0.25) is 0 Å². The van der Waals surface area contributed by atoms with E-state index >= 15 is 0 Å². The Morgan fingerprint density at radius 1 is 1.12 bits per heavy atom. The molecule has 1 heterocycles. The van der Waals surface area contributed by atoms with Crippen LogP contribution in [0.4, 0.5) is 15.9 Å². The van der Waals surface area contributed by atoms with Crippen molar-refractivity contribution in [3.63, 3.8) is 0 Å². The van der Waals surface area contributed by atoms with Crippen molar-refractivity contribution in [2.75, 3.05) is 10.0 Å². The number of amides is 1. The molecule has 32 heavy (non-hydrogen) atoms. The summed E-state index contributed by atoms with van der Waals surface area (Å²) in [6.45, 7) is 4.59. The predicted molar refractivity (Wildman–Crippen MR) is 113 cm³/mol. The Labute approximate surface area is 183 Å². The van der Waals surface area contributed by atoms with Crippen LogP contribution in [0.25, 0.3) is 0 Å². The molecular formula is C21H20FN3O6S. The van der Waals surface area contributed by atoms with Crippen LogP contribution in [0.1, 0.15) is 28.6 Å². The van der Waals surface area contributed by atoms with E-state index in [-0.39, 0.29) is 22.0 Å². The van der Waals surface area contributed by atoms with E-state index in [0.29, 0.717) is 11.3 Å². The number of nitrogens with zero attached hydrogens (tertiary/aromatic N) is 1. The lowest BCUT2D eigenvalue weighted by Crippen LogP contribution is -2.30. The molecule has 3 aromatic rings. The van der Waals surface area contributed by atoms with Crippen LogP contribution in [-0.2, 0) is 19.6 Å². The van der Waals surface area contributed by atoms with E-state index in [1.54, 1.807) is 13.8 Å². The van der Waals surface area contributed by atoms with Crippen LogP contribution < -0.4 is 10.0 Å². The Hall–Kier alpha value is -3.73. The zero-order valence-electron chi connectivity index (χ0n) is 17.4.